The van der Waals surface area contributed by atoms with E-state index in [1.54, 1.807) is 6.20 Å². The molecule has 1 aromatic carbocycles. The maximum absolute atomic E-state index is 5.28. The molecule has 5 heteroatoms. The molecule has 1 atom stereocenters. The molecule has 0 aliphatic heterocycles. The Labute approximate surface area is 131 Å². The number of nitrogens with one attached hydrogen (secondary N) is 2. The minimum atomic E-state index is 0.368. The average molecular weight is 302 g/mol. The summed E-state index contributed by atoms with van der Waals surface area (Å²) in [5.41, 5.74) is 3.41. The van der Waals surface area contributed by atoms with Crippen molar-refractivity contribution in [2.75, 3.05) is 5.32 Å². The Morgan fingerprint density at radius 3 is 2.95 bits per heavy atom. The molecule has 0 saturated heterocycles. The fourth-order valence-corrected chi connectivity index (χ4v) is 2.32. The predicted molar refractivity (Wildman–Crippen MR) is 91.6 cm³/mol. The van der Waals surface area contributed by atoms with Gasteiger partial charge in [-0.2, -0.15) is 5.10 Å². The highest BCUT2D eigenvalue weighted by atomic mass is 32.1. The number of aromatic nitrogens is 2. The molecule has 2 N–H and O–H groups in total. The number of thiocarbonyl (C=S) groups is 1. The number of hydrogen-bond acceptors (Lipinski definition) is 2. The van der Waals surface area contributed by atoms with Crippen LogP contribution in [0.4, 0.5) is 5.69 Å². The minimum absolute atomic E-state index is 0.368. The van der Waals surface area contributed by atoms with E-state index >= 15 is 0 Å². The summed E-state index contributed by atoms with van der Waals surface area (Å²) in [7, 11) is 0. The minimum Gasteiger partial charge on any atom is -0.360 e. The van der Waals surface area contributed by atoms with Gasteiger partial charge < -0.3 is 10.6 Å². The van der Waals surface area contributed by atoms with E-state index in [0.29, 0.717) is 11.2 Å². The molecule has 1 heterocycles. The molecule has 2 aromatic rings. The fraction of sp³-hybridized carbons (Fsp3) is 0.375. The van der Waals surface area contributed by atoms with Gasteiger partial charge in [-0.1, -0.05) is 36.8 Å². The van der Waals surface area contributed by atoms with Crippen molar-refractivity contribution in [1.82, 2.24) is 15.1 Å². The van der Waals surface area contributed by atoms with E-state index in [2.05, 4.69) is 60.8 Å². The van der Waals surface area contributed by atoms with Gasteiger partial charge in [-0.05, 0) is 38.0 Å². The van der Waals surface area contributed by atoms with Gasteiger partial charge in [0.05, 0.1) is 18.4 Å². The summed E-state index contributed by atoms with van der Waals surface area (Å²) in [6.07, 6.45) is 4.79. The molecule has 0 fully saturated rings. The summed E-state index contributed by atoms with van der Waals surface area (Å²) in [6, 6.07) is 8.81. The van der Waals surface area contributed by atoms with Crippen LogP contribution < -0.4 is 10.6 Å². The topological polar surface area (TPSA) is 41.9 Å². The molecule has 0 saturated carbocycles. The molecule has 0 aliphatic rings. The molecule has 112 valence electrons. The molecular formula is C16H22N4S. The lowest BCUT2D eigenvalue weighted by Crippen LogP contribution is -2.35. The summed E-state index contributed by atoms with van der Waals surface area (Å²) in [5.74, 6) is 0. The Balaban J connectivity index is 1.94. The Hall–Kier alpha value is -1.88. The second-order valence-electron chi connectivity index (χ2n) is 5.32. The number of nitrogens with zero attached hydrogens (tertiary/aromatic N) is 2. The highest BCUT2D eigenvalue weighted by molar-refractivity contribution is 7.80. The first-order valence-electron chi connectivity index (χ1n) is 7.22. The van der Waals surface area contributed by atoms with E-state index in [1.807, 2.05) is 10.9 Å². The number of hydrogen-bond donors (Lipinski definition) is 2. The Kier molecular flexibility index (Phi) is 5.33. The van der Waals surface area contributed by atoms with Crippen LogP contribution in [0.2, 0.25) is 0 Å². The van der Waals surface area contributed by atoms with Gasteiger partial charge in [0.15, 0.2) is 5.11 Å². The molecule has 0 radical (unpaired) electrons. The standard InChI is InChI=1S/C16H22N4S/c1-4-13(3)18-16(21)19-15-9-17-20(11-15)10-14-7-5-6-12(2)8-14/h5-9,11,13H,4,10H2,1-3H3,(H2,18,19,21). The van der Waals surface area contributed by atoms with E-state index < -0.39 is 0 Å². The molecule has 4 nitrogen and oxygen atoms in total. The molecule has 1 aromatic heterocycles. The van der Waals surface area contributed by atoms with Gasteiger partial charge in [0.25, 0.3) is 0 Å². The van der Waals surface area contributed by atoms with E-state index in [1.165, 1.54) is 11.1 Å². The normalized spacial score (nSPS) is 12.0. The van der Waals surface area contributed by atoms with E-state index in [0.717, 1.165) is 18.7 Å². The quantitative estimate of drug-likeness (QED) is 0.831. The molecule has 0 spiro atoms. The Bertz CT molecular complexity index is 606. The highest BCUT2D eigenvalue weighted by Gasteiger charge is 2.04. The summed E-state index contributed by atoms with van der Waals surface area (Å²) in [5, 5.41) is 11.4. The molecule has 0 aliphatic carbocycles. The van der Waals surface area contributed by atoms with Gasteiger partial charge in [-0.25, -0.2) is 0 Å². The van der Waals surface area contributed by atoms with Crippen LogP contribution >= 0.6 is 12.2 Å². The van der Waals surface area contributed by atoms with E-state index in [9.17, 15) is 0 Å². The van der Waals surface area contributed by atoms with Crippen LogP contribution in [0.3, 0.4) is 0 Å². The fourth-order valence-electron chi connectivity index (χ4n) is 2.01. The van der Waals surface area contributed by atoms with Crippen molar-refractivity contribution >= 4 is 23.0 Å². The smallest absolute Gasteiger partial charge is 0.171 e. The van der Waals surface area contributed by atoms with Crippen molar-refractivity contribution < 1.29 is 0 Å². The third-order valence-electron chi connectivity index (χ3n) is 3.31. The van der Waals surface area contributed by atoms with Crippen molar-refractivity contribution in [1.29, 1.82) is 0 Å². The SMILES string of the molecule is CCC(C)NC(=S)Nc1cnn(Cc2cccc(C)c2)c1. The Morgan fingerprint density at radius 2 is 2.24 bits per heavy atom. The second-order valence-corrected chi connectivity index (χ2v) is 5.73. The van der Waals surface area contributed by atoms with E-state index in [4.69, 9.17) is 12.2 Å². The first-order valence-corrected chi connectivity index (χ1v) is 7.63. The zero-order valence-electron chi connectivity index (χ0n) is 12.8. The lowest BCUT2D eigenvalue weighted by Gasteiger charge is -2.14. The van der Waals surface area contributed by atoms with Crippen LogP contribution in [0.5, 0.6) is 0 Å². The number of aryl methyl sites for hydroxylation is 1. The van der Waals surface area contributed by atoms with Crippen LogP contribution in [-0.4, -0.2) is 20.9 Å². The summed E-state index contributed by atoms with van der Waals surface area (Å²) < 4.78 is 1.91. The third kappa shape index (κ3) is 4.86. The molecule has 21 heavy (non-hydrogen) atoms. The average Bonchev–Trinajstić information content (AvgIpc) is 2.85. The maximum Gasteiger partial charge on any atom is 0.171 e. The van der Waals surface area contributed by atoms with Crippen LogP contribution in [0.15, 0.2) is 36.7 Å². The summed E-state index contributed by atoms with van der Waals surface area (Å²) in [4.78, 5) is 0. The van der Waals surface area contributed by atoms with Crippen molar-refractivity contribution in [2.24, 2.45) is 0 Å². The molecule has 1 unspecified atom stereocenters. The van der Waals surface area contributed by atoms with Crippen molar-refractivity contribution in [2.45, 2.75) is 39.8 Å². The van der Waals surface area contributed by atoms with Crippen LogP contribution in [0, 0.1) is 6.92 Å². The van der Waals surface area contributed by atoms with Crippen LogP contribution in [0.25, 0.3) is 0 Å². The van der Waals surface area contributed by atoms with Gasteiger partial charge in [-0.3, -0.25) is 4.68 Å². The van der Waals surface area contributed by atoms with Gasteiger partial charge in [0.2, 0.25) is 0 Å². The molecule has 2 rings (SSSR count). The summed E-state index contributed by atoms with van der Waals surface area (Å²) >= 11 is 5.28. The summed E-state index contributed by atoms with van der Waals surface area (Å²) in [6.45, 7) is 7.09. The van der Waals surface area contributed by atoms with Crippen LogP contribution in [0.1, 0.15) is 31.4 Å². The number of benzene rings is 1. The van der Waals surface area contributed by atoms with Crippen molar-refractivity contribution in [3.8, 4) is 0 Å². The zero-order valence-corrected chi connectivity index (χ0v) is 13.6. The number of rotatable bonds is 5. The van der Waals surface area contributed by atoms with Gasteiger partial charge >= 0.3 is 0 Å². The first-order chi connectivity index (χ1) is 10.1. The number of anilines is 1. The molecular weight excluding hydrogens is 280 g/mol. The maximum atomic E-state index is 5.28. The van der Waals surface area contributed by atoms with E-state index in [-0.39, 0.29) is 0 Å². The molecule has 0 bridgehead atoms. The zero-order chi connectivity index (χ0) is 15.2. The van der Waals surface area contributed by atoms with Crippen LogP contribution in [-0.2, 0) is 6.54 Å². The lowest BCUT2D eigenvalue weighted by atomic mass is 10.1. The Morgan fingerprint density at radius 1 is 1.43 bits per heavy atom. The first kappa shape index (κ1) is 15.5. The largest absolute Gasteiger partial charge is 0.360 e. The predicted octanol–water partition coefficient (Wildman–Crippen LogP) is 3.32. The highest BCUT2D eigenvalue weighted by Crippen LogP contribution is 2.09. The third-order valence-corrected chi connectivity index (χ3v) is 3.53. The molecule has 0 amide bonds. The lowest BCUT2D eigenvalue weighted by molar-refractivity contribution is 0.646. The van der Waals surface area contributed by atoms with Gasteiger partial charge in [-0.15, -0.1) is 0 Å². The van der Waals surface area contributed by atoms with Crippen molar-refractivity contribution in [3.05, 3.63) is 47.8 Å². The monoisotopic (exact) mass is 302 g/mol. The van der Waals surface area contributed by atoms with Gasteiger partial charge in [0, 0.05) is 12.2 Å². The second kappa shape index (κ2) is 7.22. The van der Waals surface area contributed by atoms with Crippen molar-refractivity contribution in [3.63, 3.8) is 0 Å². The van der Waals surface area contributed by atoms with Gasteiger partial charge in [0.1, 0.15) is 0 Å².